The van der Waals surface area contributed by atoms with Gasteiger partial charge in [0.1, 0.15) is 5.76 Å². The van der Waals surface area contributed by atoms with Crippen molar-refractivity contribution in [2.45, 2.75) is 6.92 Å². The first-order valence-electron chi connectivity index (χ1n) is 9.65. The minimum Gasteiger partial charge on any atom is -0.454 e. The molecule has 0 saturated carbocycles. The fraction of sp³-hybridized carbons (Fsp3) is 0.0435. The van der Waals surface area contributed by atoms with Crippen LogP contribution in [0.5, 0.6) is 5.75 Å². The lowest BCUT2D eigenvalue weighted by Crippen LogP contribution is -2.33. The van der Waals surface area contributed by atoms with E-state index in [1.165, 1.54) is 12.1 Å². The second-order valence-electron chi connectivity index (χ2n) is 6.94. The highest BCUT2D eigenvalue weighted by molar-refractivity contribution is 6.37. The highest BCUT2D eigenvalue weighted by atomic mass is 35.5. The number of benzene rings is 2. The van der Waals surface area contributed by atoms with Gasteiger partial charge in [0.05, 0.1) is 21.4 Å². The van der Waals surface area contributed by atoms with E-state index < -0.39 is 11.2 Å². The molecule has 0 aliphatic carbocycles. The highest BCUT2D eigenvalue weighted by Crippen LogP contribution is 2.38. The molecule has 2 aromatic heterocycles. The van der Waals surface area contributed by atoms with Gasteiger partial charge in [0.25, 0.3) is 5.56 Å². The van der Waals surface area contributed by atoms with Crippen molar-refractivity contribution in [2.75, 3.05) is 5.73 Å². The van der Waals surface area contributed by atoms with Gasteiger partial charge in [-0.25, -0.2) is 4.79 Å². The van der Waals surface area contributed by atoms with E-state index in [1.54, 1.807) is 6.20 Å². The van der Waals surface area contributed by atoms with Crippen LogP contribution in [0.4, 0.5) is 5.82 Å². The number of halogens is 2. The predicted molar refractivity (Wildman–Crippen MR) is 130 cm³/mol. The lowest BCUT2D eigenvalue weighted by molar-refractivity contribution is 0.451. The van der Waals surface area contributed by atoms with Crippen LogP contribution < -0.4 is 21.7 Å². The van der Waals surface area contributed by atoms with Gasteiger partial charge in [0, 0.05) is 17.2 Å². The molecule has 166 valence electrons. The van der Waals surface area contributed by atoms with Gasteiger partial charge >= 0.3 is 5.69 Å². The van der Waals surface area contributed by atoms with Crippen LogP contribution in [0.3, 0.4) is 0 Å². The number of fused-ring (bicyclic) bond motifs is 1. The minimum atomic E-state index is -0.794. The van der Waals surface area contributed by atoms with Crippen molar-refractivity contribution in [3.8, 4) is 11.4 Å². The first kappa shape index (κ1) is 22.3. The largest absolute Gasteiger partial charge is 0.454 e. The monoisotopic (exact) mass is 481 g/mol. The standard InChI is InChI=1S/C23H17Cl2N5O3/c1-3-16(19-8-13-6-4-5-7-14(13)11-27-19)12(2)33-20-17(24)9-15(10-18(20)25)30-23(32)28-22(31)21(26)29-30/h3-11H,2H2,1H3,(H2,26,29)(H,28,31,32)/b16-3+. The van der Waals surface area contributed by atoms with Crippen molar-refractivity contribution in [3.63, 3.8) is 0 Å². The van der Waals surface area contributed by atoms with E-state index in [9.17, 15) is 9.59 Å². The lowest BCUT2D eigenvalue weighted by Gasteiger charge is -2.16. The maximum absolute atomic E-state index is 12.1. The molecule has 33 heavy (non-hydrogen) atoms. The number of hydrogen-bond acceptors (Lipinski definition) is 6. The van der Waals surface area contributed by atoms with Crippen LogP contribution in [0, 0.1) is 0 Å². The fourth-order valence-electron chi connectivity index (χ4n) is 3.21. The molecule has 2 heterocycles. The third-order valence-corrected chi connectivity index (χ3v) is 5.36. The van der Waals surface area contributed by atoms with Crippen LogP contribution in [-0.4, -0.2) is 19.7 Å². The van der Waals surface area contributed by atoms with Crippen molar-refractivity contribution in [1.82, 2.24) is 19.7 Å². The van der Waals surface area contributed by atoms with Gasteiger partial charge in [0.15, 0.2) is 5.75 Å². The summed E-state index contributed by atoms with van der Waals surface area (Å²) in [6, 6.07) is 12.6. The van der Waals surface area contributed by atoms with Crippen molar-refractivity contribution in [1.29, 1.82) is 0 Å². The molecule has 4 aromatic rings. The van der Waals surface area contributed by atoms with Crippen LogP contribution in [0.25, 0.3) is 22.0 Å². The van der Waals surface area contributed by atoms with Crippen molar-refractivity contribution in [2.24, 2.45) is 0 Å². The number of rotatable bonds is 5. The summed E-state index contributed by atoms with van der Waals surface area (Å²) in [5.74, 6) is 0.0363. The van der Waals surface area contributed by atoms with Gasteiger partial charge in [0.2, 0.25) is 5.82 Å². The average Bonchev–Trinajstić information content (AvgIpc) is 2.79. The van der Waals surface area contributed by atoms with Crippen LogP contribution in [0.2, 0.25) is 10.0 Å². The molecule has 8 nitrogen and oxygen atoms in total. The molecular weight excluding hydrogens is 465 g/mol. The Balaban J connectivity index is 1.67. The number of allylic oxidation sites excluding steroid dienone is 2. The number of aromatic nitrogens is 4. The minimum absolute atomic E-state index is 0.0963. The summed E-state index contributed by atoms with van der Waals surface area (Å²) < 4.78 is 6.78. The van der Waals surface area contributed by atoms with Crippen LogP contribution in [0.15, 0.2) is 76.7 Å². The van der Waals surface area contributed by atoms with Gasteiger partial charge in [-0.2, -0.15) is 4.68 Å². The molecule has 10 heteroatoms. The summed E-state index contributed by atoms with van der Waals surface area (Å²) in [5, 5.41) is 5.99. The number of pyridine rings is 1. The first-order valence-corrected chi connectivity index (χ1v) is 10.4. The second-order valence-corrected chi connectivity index (χ2v) is 7.75. The fourth-order valence-corrected chi connectivity index (χ4v) is 3.77. The molecule has 0 atom stereocenters. The zero-order chi connectivity index (χ0) is 23.7. The Bertz CT molecular complexity index is 1530. The molecule has 0 unspecified atom stereocenters. The summed E-state index contributed by atoms with van der Waals surface area (Å²) in [6.45, 7) is 5.84. The lowest BCUT2D eigenvalue weighted by atomic mass is 10.1. The molecular formula is C23H17Cl2N5O3. The SMILES string of the molecule is C=C(Oc1c(Cl)cc(-n2nc(N)c(=O)[nH]c2=O)cc1Cl)/C(=C\C)c1cc2ccccc2cn1. The normalized spacial score (nSPS) is 11.5. The zero-order valence-electron chi connectivity index (χ0n) is 17.3. The number of aromatic amines is 1. The van der Waals surface area contributed by atoms with Crippen molar-refractivity contribution < 1.29 is 4.74 Å². The number of anilines is 1. The van der Waals surface area contributed by atoms with Gasteiger partial charge in [-0.05, 0) is 30.5 Å². The maximum Gasteiger partial charge on any atom is 0.349 e. The Kier molecular flexibility index (Phi) is 6.04. The van der Waals surface area contributed by atoms with E-state index in [-0.39, 0.29) is 33.1 Å². The van der Waals surface area contributed by atoms with Crippen LogP contribution in [0.1, 0.15) is 12.6 Å². The Labute approximate surface area is 197 Å². The second kappa shape index (κ2) is 8.93. The Morgan fingerprint density at radius 3 is 2.48 bits per heavy atom. The number of nitrogens with one attached hydrogen (secondary N) is 1. The molecule has 0 radical (unpaired) electrons. The quantitative estimate of drug-likeness (QED) is 0.323. The van der Waals surface area contributed by atoms with Crippen LogP contribution in [-0.2, 0) is 0 Å². The molecule has 0 bridgehead atoms. The van der Waals surface area contributed by atoms with Gasteiger partial charge < -0.3 is 10.5 Å². The van der Waals surface area contributed by atoms with Crippen LogP contribution >= 0.6 is 23.2 Å². The summed E-state index contributed by atoms with van der Waals surface area (Å²) in [4.78, 5) is 30.1. The van der Waals surface area contributed by atoms with E-state index in [0.717, 1.165) is 15.5 Å². The summed E-state index contributed by atoms with van der Waals surface area (Å²) in [5.41, 5.74) is 5.45. The number of ether oxygens (including phenoxy) is 1. The Hall–Kier alpha value is -3.88. The van der Waals surface area contributed by atoms with E-state index in [4.69, 9.17) is 33.7 Å². The van der Waals surface area contributed by atoms with Crippen molar-refractivity contribution >= 4 is 45.4 Å². The predicted octanol–water partition coefficient (Wildman–Crippen LogP) is 4.35. The number of nitrogen functional groups attached to an aromatic ring is 1. The summed E-state index contributed by atoms with van der Waals surface area (Å²) in [7, 11) is 0. The molecule has 4 rings (SSSR count). The maximum atomic E-state index is 12.1. The first-order chi connectivity index (χ1) is 15.8. The van der Waals surface area contributed by atoms with Gasteiger partial charge in [-0.3, -0.25) is 14.8 Å². The average molecular weight is 482 g/mol. The smallest absolute Gasteiger partial charge is 0.349 e. The number of nitrogens with two attached hydrogens (primary N) is 1. The Morgan fingerprint density at radius 1 is 1.15 bits per heavy atom. The Morgan fingerprint density at radius 2 is 1.82 bits per heavy atom. The zero-order valence-corrected chi connectivity index (χ0v) is 18.8. The molecule has 0 aliphatic heterocycles. The molecule has 0 amide bonds. The molecule has 0 aliphatic rings. The van der Waals surface area contributed by atoms with E-state index in [2.05, 4.69) is 21.6 Å². The van der Waals surface area contributed by atoms with Crippen molar-refractivity contribution in [3.05, 3.63) is 104 Å². The number of hydrogen-bond donors (Lipinski definition) is 2. The highest BCUT2D eigenvalue weighted by Gasteiger charge is 2.17. The summed E-state index contributed by atoms with van der Waals surface area (Å²) >= 11 is 12.8. The van der Waals surface area contributed by atoms with Gasteiger partial charge in [-0.15, -0.1) is 5.10 Å². The summed E-state index contributed by atoms with van der Waals surface area (Å²) in [6.07, 6.45) is 3.60. The van der Waals surface area contributed by atoms with E-state index in [0.29, 0.717) is 11.3 Å². The number of nitrogens with zero attached hydrogens (tertiary/aromatic N) is 3. The molecule has 0 saturated heterocycles. The molecule has 0 fully saturated rings. The number of H-pyrrole nitrogens is 1. The van der Waals surface area contributed by atoms with E-state index in [1.807, 2.05) is 43.3 Å². The topological polar surface area (TPSA) is 116 Å². The third kappa shape index (κ3) is 4.39. The molecule has 3 N–H and O–H groups in total. The molecule has 2 aromatic carbocycles. The van der Waals surface area contributed by atoms with Gasteiger partial charge in [-0.1, -0.05) is 60.1 Å². The third-order valence-electron chi connectivity index (χ3n) is 4.80. The molecule has 0 spiro atoms. The van der Waals surface area contributed by atoms with E-state index >= 15 is 0 Å².